The molecule has 0 amide bonds. The van der Waals surface area contributed by atoms with E-state index in [0.717, 1.165) is 25.9 Å². The van der Waals surface area contributed by atoms with Crippen LogP contribution >= 0.6 is 0 Å². The van der Waals surface area contributed by atoms with Crippen molar-refractivity contribution < 1.29 is 4.74 Å². The molecule has 1 unspecified atom stereocenters. The lowest BCUT2D eigenvalue weighted by Gasteiger charge is -2.47. The third-order valence-corrected chi connectivity index (χ3v) is 4.10. The van der Waals surface area contributed by atoms with E-state index in [9.17, 15) is 0 Å². The van der Waals surface area contributed by atoms with Crippen LogP contribution in [0.25, 0.3) is 0 Å². The normalized spacial score (nSPS) is 27.7. The number of likely N-dealkylation sites (N-methyl/N-ethyl adjacent to an activating group) is 2. The van der Waals surface area contributed by atoms with Crippen LogP contribution in [0.15, 0.2) is 0 Å². The largest absolute Gasteiger partial charge is 0.383 e. The third-order valence-electron chi connectivity index (χ3n) is 4.10. The minimum Gasteiger partial charge on any atom is -0.383 e. The predicted octanol–water partition coefficient (Wildman–Crippen LogP) is -0.546. The van der Waals surface area contributed by atoms with Crippen LogP contribution in [0.5, 0.6) is 0 Å². The van der Waals surface area contributed by atoms with Crippen LogP contribution in [-0.2, 0) is 4.74 Å². The molecule has 2 fully saturated rings. The fourth-order valence-electron chi connectivity index (χ4n) is 2.96. The second-order valence-corrected chi connectivity index (χ2v) is 5.74. The molecule has 0 aliphatic carbocycles. The maximum absolute atomic E-state index is 5.13. The van der Waals surface area contributed by atoms with Crippen molar-refractivity contribution in [3.8, 4) is 0 Å². The van der Waals surface area contributed by atoms with E-state index in [1.54, 1.807) is 7.11 Å². The molecule has 2 heterocycles. The van der Waals surface area contributed by atoms with Crippen molar-refractivity contribution in [1.29, 1.82) is 0 Å². The van der Waals surface area contributed by atoms with Gasteiger partial charge in [-0.3, -0.25) is 14.7 Å². The number of methoxy groups -OCH3 is 1. The van der Waals surface area contributed by atoms with Gasteiger partial charge in [0.25, 0.3) is 0 Å². The highest BCUT2D eigenvalue weighted by Crippen LogP contribution is 2.14. The van der Waals surface area contributed by atoms with Crippen LogP contribution in [0.2, 0.25) is 0 Å². The van der Waals surface area contributed by atoms with Crippen LogP contribution < -0.4 is 0 Å². The lowest BCUT2D eigenvalue weighted by molar-refractivity contribution is 0.000220. The highest BCUT2D eigenvalue weighted by atomic mass is 16.5. The summed E-state index contributed by atoms with van der Waals surface area (Å²) in [5.41, 5.74) is 0. The Kier molecular flexibility index (Phi) is 5.38. The number of hydrogen-bond acceptors (Lipinski definition) is 5. The lowest BCUT2D eigenvalue weighted by Crippen LogP contribution is -2.62. The summed E-state index contributed by atoms with van der Waals surface area (Å²) >= 11 is 0. The summed E-state index contributed by atoms with van der Waals surface area (Å²) in [4.78, 5) is 10.0. The van der Waals surface area contributed by atoms with E-state index in [2.05, 4.69) is 33.7 Å². The van der Waals surface area contributed by atoms with Gasteiger partial charge in [0.05, 0.1) is 13.3 Å². The van der Waals surface area contributed by atoms with Gasteiger partial charge in [0.2, 0.25) is 0 Å². The molecule has 0 radical (unpaired) electrons. The highest BCUT2D eigenvalue weighted by molar-refractivity contribution is 4.87. The van der Waals surface area contributed by atoms with Gasteiger partial charge in [0.15, 0.2) is 0 Å². The topological polar surface area (TPSA) is 22.2 Å². The lowest BCUT2D eigenvalue weighted by atomic mass is 10.1. The van der Waals surface area contributed by atoms with Crippen LogP contribution in [0.4, 0.5) is 0 Å². The van der Waals surface area contributed by atoms with E-state index >= 15 is 0 Å². The molecule has 0 N–H and O–H groups in total. The first-order valence-electron chi connectivity index (χ1n) is 7.01. The van der Waals surface area contributed by atoms with Crippen molar-refractivity contribution in [2.24, 2.45) is 0 Å². The molecule has 2 saturated heterocycles. The standard InChI is InChI=1S/C13H28N4O/c1-14-4-6-17-7-5-16(11-13(17)10-14)12-15(2)8-9-18-3/h13H,4-12H2,1-3H3. The molecule has 0 aromatic heterocycles. The summed E-state index contributed by atoms with van der Waals surface area (Å²) in [5.74, 6) is 0. The average Bonchev–Trinajstić information content (AvgIpc) is 2.36. The van der Waals surface area contributed by atoms with E-state index in [-0.39, 0.29) is 0 Å². The van der Waals surface area contributed by atoms with E-state index in [0.29, 0.717) is 0 Å². The predicted molar refractivity (Wildman–Crippen MR) is 73.8 cm³/mol. The second-order valence-electron chi connectivity index (χ2n) is 5.74. The molecule has 2 aliphatic heterocycles. The number of piperazine rings is 2. The molecule has 0 spiro atoms. The molecule has 5 heteroatoms. The number of fused-ring (bicyclic) bond motifs is 1. The minimum atomic E-state index is 0.730. The Balaban J connectivity index is 1.75. The number of hydrogen-bond donors (Lipinski definition) is 0. The Bertz CT molecular complexity index is 251. The molecule has 106 valence electrons. The Morgan fingerprint density at radius 1 is 1.17 bits per heavy atom. The summed E-state index contributed by atoms with van der Waals surface area (Å²) in [5, 5.41) is 0. The zero-order valence-electron chi connectivity index (χ0n) is 12.1. The maximum Gasteiger partial charge on any atom is 0.0590 e. The first-order valence-corrected chi connectivity index (χ1v) is 7.01. The van der Waals surface area contributed by atoms with Crippen molar-refractivity contribution in [1.82, 2.24) is 19.6 Å². The quantitative estimate of drug-likeness (QED) is 0.657. The van der Waals surface area contributed by atoms with Gasteiger partial charge in [-0.2, -0.15) is 0 Å². The summed E-state index contributed by atoms with van der Waals surface area (Å²) in [6.07, 6.45) is 0. The smallest absolute Gasteiger partial charge is 0.0590 e. The molecular weight excluding hydrogens is 228 g/mol. The Morgan fingerprint density at radius 3 is 2.72 bits per heavy atom. The van der Waals surface area contributed by atoms with E-state index in [1.807, 2.05) is 0 Å². The number of rotatable bonds is 5. The van der Waals surface area contributed by atoms with Gasteiger partial charge in [-0.15, -0.1) is 0 Å². The van der Waals surface area contributed by atoms with Gasteiger partial charge in [-0.05, 0) is 14.1 Å². The minimum absolute atomic E-state index is 0.730. The first kappa shape index (κ1) is 14.2. The third kappa shape index (κ3) is 3.90. The molecule has 0 bridgehead atoms. The van der Waals surface area contributed by atoms with Crippen molar-refractivity contribution >= 4 is 0 Å². The van der Waals surface area contributed by atoms with Crippen molar-refractivity contribution in [3.05, 3.63) is 0 Å². The molecule has 0 aromatic carbocycles. The van der Waals surface area contributed by atoms with E-state index in [4.69, 9.17) is 4.74 Å². The van der Waals surface area contributed by atoms with E-state index in [1.165, 1.54) is 39.3 Å². The molecule has 0 saturated carbocycles. The van der Waals surface area contributed by atoms with Crippen molar-refractivity contribution in [2.45, 2.75) is 6.04 Å². The summed E-state index contributed by atoms with van der Waals surface area (Å²) < 4.78 is 5.13. The van der Waals surface area contributed by atoms with Gasteiger partial charge in [0, 0.05) is 59.0 Å². The van der Waals surface area contributed by atoms with Crippen molar-refractivity contribution in [2.75, 3.05) is 80.3 Å². The fraction of sp³-hybridized carbons (Fsp3) is 1.00. The van der Waals surface area contributed by atoms with E-state index < -0.39 is 0 Å². The average molecular weight is 256 g/mol. The van der Waals surface area contributed by atoms with Gasteiger partial charge in [-0.25, -0.2) is 0 Å². The maximum atomic E-state index is 5.13. The second kappa shape index (κ2) is 6.82. The molecular formula is C13H28N4O. The van der Waals surface area contributed by atoms with Gasteiger partial charge in [-0.1, -0.05) is 0 Å². The Labute approximate surface area is 111 Å². The van der Waals surface area contributed by atoms with Crippen molar-refractivity contribution in [3.63, 3.8) is 0 Å². The zero-order chi connectivity index (χ0) is 13.0. The Hall–Kier alpha value is -0.200. The monoisotopic (exact) mass is 256 g/mol. The zero-order valence-corrected chi connectivity index (χ0v) is 12.1. The Morgan fingerprint density at radius 2 is 1.94 bits per heavy atom. The fourth-order valence-corrected chi connectivity index (χ4v) is 2.96. The first-order chi connectivity index (χ1) is 8.69. The van der Waals surface area contributed by atoms with Crippen LogP contribution in [0, 0.1) is 0 Å². The van der Waals surface area contributed by atoms with Gasteiger partial charge in [0.1, 0.15) is 0 Å². The highest BCUT2D eigenvalue weighted by Gasteiger charge is 2.30. The van der Waals surface area contributed by atoms with Crippen LogP contribution in [-0.4, -0.2) is 106 Å². The summed E-state index contributed by atoms with van der Waals surface area (Å²) in [6.45, 7) is 10.2. The van der Waals surface area contributed by atoms with Gasteiger partial charge >= 0.3 is 0 Å². The SMILES string of the molecule is COCCN(C)CN1CCN2CCN(C)CC2C1. The van der Waals surface area contributed by atoms with Crippen LogP contribution in [0.1, 0.15) is 0 Å². The molecule has 2 aliphatic rings. The number of ether oxygens (including phenoxy) is 1. The van der Waals surface area contributed by atoms with Gasteiger partial charge < -0.3 is 9.64 Å². The molecule has 5 nitrogen and oxygen atoms in total. The molecule has 0 aromatic rings. The summed E-state index contributed by atoms with van der Waals surface area (Å²) in [6, 6.07) is 0.730. The molecule has 1 atom stereocenters. The summed E-state index contributed by atoms with van der Waals surface area (Å²) in [7, 11) is 6.18. The number of nitrogens with zero attached hydrogens (tertiary/aromatic N) is 4. The molecule has 18 heavy (non-hydrogen) atoms. The van der Waals surface area contributed by atoms with Crippen LogP contribution in [0.3, 0.4) is 0 Å². The molecule has 2 rings (SSSR count).